The molecule has 0 aromatic heterocycles. The molecular weight excluding hydrogens is 236 g/mol. The van der Waals surface area contributed by atoms with E-state index in [1.165, 1.54) is 19.3 Å². The topological polar surface area (TPSA) is 68.2 Å². The lowest BCUT2D eigenvalue weighted by atomic mass is 10.2. The van der Waals surface area contributed by atoms with Gasteiger partial charge in [0.15, 0.2) is 0 Å². The van der Waals surface area contributed by atoms with Crippen LogP contribution in [0.2, 0.25) is 0 Å². The van der Waals surface area contributed by atoms with Gasteiger partial charge in [-0.3, -0.25) is 0 Å². The van der Waals surface area contributed by atoms with Crippen molar-refractivity contribution in [1.29, 1.82) is 0 Å². The van der Waals surface area contributed by atoms with E-state index >= 15 is 0 Å². The molecular formula is C13H28O5. The summed E-state index contributed by atoms with van der Waals surface area (Å²) in [7, 11) is 0. The maximum atomic E-state index is 8.98. The van der Waals surface area contributed by atoms with Crippen molar-refractivity contribution in [2.75, 3.05) is 46.2 Å². The average molecular weight is 264 g/mol. The maximum Gasteiger partial charge on any atom is 0.100 e. The Morgan fingerprint density at radius 2 is 1.44 bits per heavy atom. The number of hydrogen-bond acceptors (Lipinski definition) is 5. The van der Waals surface area contributed by atoms with Crippen molar-refractivity contribution < 1.29 is 24.4 Å². The molecule has 0 aliphatic rings. The van der Waals surface area contributed by atoms with Gasteiger partial charge in [0.2, 0.25) is 0 Å². The summed E-state index contributed by atoms with van der Waals surface area (Å²) >= 11 is 0. The predicted octanol–water partition coefficient (Wildman–Crippen LogP) is 0.970. The summed E-state index contributed by atoms with van der Waals surface area (Å²) in [6.07, 6.45) is 4.08. The summed E-state index contributed by atoms with van der Waals surface area (Å²) < 4.78 is 15.8. The quantitative estimate of drug-likeness (QED) is 0.458. The molecule has 0 saturated heterocycles. The minimum atomic E-state index is -0.795. The molecule has 0 radical (unpaired) electrons. The Morgan fingerprint density at radius 3 is 2.06 bits per heavy atom. The Bertz CT molecular complexity index is 154. The fraction of sp³-hybridized carbons (Fsp3) is 1.00. The van der Waals surface area contributed by atoms with E-state index in [4.69, 9.17) is 24.4 Å². The Kier molecular flexibility index (Phi) is 14.7. The van der Waals surface area contributed by atoms with Crippen LogP contribution in [0.3, 0.4) is 0 Å². The molecule has 5 heteroatoms. The highest BCUT2D eigenvalue weighted by molar-refractivity contribution is 4.48. The van der Waals surface area contributed by atoms with Gasteiger partial charge in [-0.05, 0) is 6.42 Å². The normalized spacial score (nSPS) is 12.8. The number of ether oxygens (including phenoxy) is 3. The summed E-state index contributed by atoms with van der Waals surface area (Å²) in [6.45, 7) is 4.97. The van der Waals surface area contributed by atoms with Crippen molar-refractivity contribution in [2.45, 2.75) is 38.7 Å². The number of unbranched alkanes of at least 4 members (excludes halogenated alkanes) is 3. The lowest BCUT2D eigenvalue weighted by molar-refractivity contribution is -0.0229. The van der Waals surface area contributed by atoms with Crippen molar-refractivity contribution in [3.8, 4) is 0 Å². The Balaban J connectivity index is 2.94. The van der Waals surface area contributed by atoms with Crippen LogP contribution in [0.15, 0.2) is 0 Å². The highest BCUT2D eigenvalue weighted by Crippen LogP contribution is 1.98. The molecule has 1 unspecified atom stereocenters. The standard InChI is InChI=1S/C13H28O5/c1-2-3-4-5-6-16-7-8-17-9-10-18-12-13(15)11-14/h13-15H,2-12H2,1H3. The maximum absolute atomic E-state index is 8.98. The highest BCUT2D eigenvalue weighted by Gasteiger charge is 2.00. The summed E-state index contributed by atoms with van der Waals surface area (Å²) in [4.78, 5) is 0. The van der Waals surface area contributed by atoms with Gasteiger partial charge in [0.25, 0.3) is 0 Å². The van der Waals surface area contributed by atoms with Crippen LogP contribution in [0.1, 0.15) is 32.6 Å². The highest BCUT2D eigenvalue weighted by atomic mass is 16.5. The molecule has 0 heterocycles. The van der Waals surface area contributed by atoms with E-state index in [1.807, 2.05) is 0 Å². The van der Waals surface area contributed by atoms with Crippen LogP contribution in [0.5, 0.6) is 0 Å². The third-order valence-corrected chi connectivity index (χ3v) is 2.41. The first-order valence-electron chi connectivity index (χ1n) is 6.83. The van der Waals surface area contributed by atoms with E-state index < -0.39 is 6.10 Å². The summed E-state index contributed by atoms with van der Waals surface area (Å²) in [6, 6.07) is 0. The number of aliphatic hydroxyl groups is 2. The molecule has 1 atom stereocenters. The van der Waals surface area contributed by atoms with Crippen LogP contribution in [-0.2, 0) is 14.2 Å². The molecule has 18 heavy (non-hydrogen) atoms. The van der Waals surface area contributed by atoms with Crippen molar-refractivity contribution in [3.63, 3.8) is 0 Å². The summed E-state index contributed by atoms with van der Waals surface area (Å²) in [5, 5.41) is 17.5. The van der Waals surface area contributed by atoms with Crippen LogP contribution in [0.25, 0.3) is 0 Å². The molecule has 2 N–H and O–H groups in total. The van der Waals surface area contributed by atoms with Gasteiger partial charge in [-0.1, -0.05) is 26.2 Å². The van der Waals surface area contributed by atoms with E-state index in [1.54, 1.807) is 0 Å². The molecule has 0 saturated carbocycles. The van der Waals surface area contributed by atoms with Crippen LogP contribution in [0, 0.1) is 0 Å². The second kappa shape index (κ2) is 14.9. The first-order chi connectivity index (χ1) is 8.81. The lowest BCUT2D eigenvalue weighted by Gasteiger charge is -2.09. The third-order valence-electron chi connectivity index (χ3n) is 2.41. The monoisotopic (exact) mass is 264 g/mol. The summed E-state index contributed by atoms with van der Waals surface area (Å²) in [5.74, 6) is 0. The molecule has 110 valence electrons. The Labute approximate surface area is 110 Å². The molecule has 0 amide bonds. The van der Waals surface area contributed by atoms with E-state index in [0.29, 0.717) is 26.4 Å². The molecule has 5 nitrogen and oxygen atoms in total. The summed E-state index contributed by atoms with van der Waals surface area (Å²) in [5.41, 5.74) is 0. The second-order valence-corrected chi connectivity index (χ2v) is 4.20. The first-order valence-corrected chi connectivity index (χ1v) is 6.83. The number of aliphatic hydroxyl groups excluding tert-OH is 2. The van der Waals surface area contributed by atoms with Crippen molar-refractivity contribution in [2.24, 2.45) is 0 Å². The van der Waals surface area contributed by atoms with Gasteiger partial charge in [-0.25, -0.2) is 0 Å². The van der Waals surface area contributed by atoms with Crippen molar-refractivity contribution in [1.82, 2.24) is 0 Å². The number of hydrogen-bond donors (Lipinski definition) is 2. The van der Waals surface area contributed by atoms with Gasteiger partial charge in [0, 0.05) is 6.61 Å². The van der Waals surface area contributed by atoms with Gasteiger partial charge in [0.1, 0.15) is 6.10 Å². The van der Waals surface area contributed by atoms with Gasteiger partial charge in [-0.2, -0.15) is 0 Å². The van der Waals surface area contributed by atoms with Crippen molar-refractivity contribution >= 4 is 0 Å². The molecule has 0 aromatic rings. The largest absolute Gasteiger partial charge is 0.394 e. The van der Waals surface area contributed by atoms with E-state index in [-0.39, 0.29) is 13.2 Å². The molecule has 0 rings (SSSR count). The lowest BCUT2D eigenvalue weighted by Crippen LogP contribution is -2.21. The fourth-order valence-electron chi connectivity index (χ4n) is 1.34. The fourth-order valence-corrected chi connectivity index (χ4v) is 1.34. The first kappa shape index (κ1) is 17.8. The third kappa shape index (κ3) is 13.9. The zero-order valence-electron chi connectivity index (χ0n) is 11.5. The van der Waals surface area contributed by atoms with E-state index in [2.05, 4.69) is 6.92 Å². The average Bonchev–Trinajstić information content (AvgIpc) is 2.39. The van der Waals surface area contributed by atoms with Crippen LogP contribution in [-0.4, -0.2) is 62.6 Å². The van der Waals surface area contributed by atoms with Crippen LogP contribution >= 0.6 is 0 Å². The molecule has 0 fully saturated rings. The zero-order valence-corrected chi connectivity index (χ0v) is 11.5. The van der Waals surface area contributed by atoms with Gasteiger partial charge in [-0.15, -0.1) is 0 Å². The Morgan fingerprint density at radius 1 is 0.833 bits per heavy atom. The van der Waals surface area contributed by atoms with E-state index in [9.17, 15) is 0 Å². The van der Waals surface area contributed by atoms with Crippen LogP contribution in [0.4, 0.5) is 0 Å². The minimum Gasteiger partial charge on any atom is -0.394 e. The molecule has 0 aliphatic carbocycles. The molecule has 0 aliphatic heterocycles. The van der Waals surface area contributed by atoms with Crippen LogP contribution < -0.4 is 0 Å². The Hall–Kier alpha value is -0.200. The molecule has 0 aromatic carbocycles. The predicted molar refractivity (Wildman–Crippen MR) is 69.7 cm³/mol. The zero-order chi connectivity index (χ0) is 13.5. The van der Waals surface area contributed by atoms with Gasteiger partial charge in [0.05, 0.1) is 39.6 Å². The molecule has 0 bridgehead atoms. The smallest absolute Gasteiger partial charge is 0.100 e. The van der Waals surface area contributed by atoms with Crippen molar-refractivity contribution in [3.05, 3.63) is 0 Å². The van der Waals surface area contributed by atoms with Gasteiger partial charge < -0.3 is 24.4 Å². The minimum absolute atomic E-state index is 0.147. The number of rotatable bonds is 14. The SMILES string of the molecule is CCCCCCOCCOCCOCC(O)CO. The van der Waals surface area contributed by atoms with E-state index in [0.717, 1.165) is 13.0 Å². The second-order valence-electron chi connectivity index (χ2n) is 4.20. The molecule has 0 spiro atoms. The van der Waals surface area contributed by atoms with Gasteiger partial charge >= 0.3 is 0 Å².